The number of carbonyl (C=O) groups excluding carboxylic acids is 1. The van der Waals surface area contributed by atoms with E-state index in [1.165, 1.54) is 31.2 Å². The molecule has 0 saturated heterocycles. The first-order valence-electron chi connectivity index (χ1n) is 7.00. The minimum atomic E-state index is -4.42. The number of hydrogen-bond acceptors (Lipinski definition) is 3. The van der Waals surface area contributed by atoms with E-state index in [1.807, 2.05) is 0 Å². The molecule has 0 amide bonds. The van der Waals surface area contributed by atoms with E-state index in [4.69, 9.17) is 21.1 Å². The van der Waals surface area contributed by atoms with E-state index >= 15 is 0 Å². The van der Waals surface area contributed by atoms with E-state index < -0.39 is 23.8 Å². The minimum Gasteiger partial charge on any atom is -0.425 e. The van der Waals surface area contributed by atoms with Crippen molar-refractivity contribution in [3.63, 3.8) is 0 Å². The Hall–Kier alpha value is -2.05. The predicted molar refractivity (Wildman–Crippen MR) is 82.8 cm³/mol. The SMILES string of the molecule is CC(OCc1cccc(C(F)(F)F)c1)C(=O)Oc1ccc(Cl)cc1. The highest BCUT2D eigenvalue weighted by molar-refractivity contribution is 6.30. The number of halogens is 4. The zero-order valence-electron chi connectivity index (χ0n) is 12.6. The highest BCUT2D eigenvalue weighted by Gasteiger charge is 2.30. The van der Waals surface area contributed by atoms with Gasteiger partial charge in [-0.05, 0) is 48.9 Å². The number of benzene rings is 2. The van der Waals surface area contributed by atoms with Crippen molar-refractivity contribution in [3.05, 3.63) is 64.7 Å². The molecular weight excluding hydrogens is 345 g/mol. The number of esters is 1. The van der Waals surface area contributed by atoms with Crippen LogP contribution in [0.15, 0.2) is 48.5 Å². The highest BCUT2D eigenvalue weighted by atomic mass is 35.5. The van der Waals surface area contributed by atoms with Crippen LogP contribution in [0.2, 0.25) is 5.02 Å². The molecule has 0 aliphatic rings. The summed E-state index contributed by atoms with van der Waals surface area (Å²) < 4.78 is 48.3. The van der Waals surface area contributed by atoms with Gasteiger partial charge >= 0.3 is 12.1 Å². The largest absolute Gasteiger partial charge is 0.425 e. The molecule has 0 fully saturated rings. The molecule has 2 aromatic carbocycles. The standard InChI is InChI=1S/C17H14ClF3O3/c1-11(16(22)24-15-7-5-14(18)6-8-15)23-10-12-3-2-4-13(9-12)17(19,20)21/h2-9,11H,10H2,1H3. The van der Waals surface area contributed by atoms with Gasteiger partial charge in [-0.25, -0.2) is 4.79 Å². The molecule has 0 aliphatic carbocycles. The summed E-state index contributed by atoms with van der Waals surface area (Å²) in [5.41, 5.74) is -0.448. The molecule has 1 unspecified atom stereocenters. The summed E-state index contributed by atoms with van der Waals surface area (Å²) in [5, 5.41) is 0.503. The molecule has 0 saturated carbocycles. The van der Waals surface area contributed by atoms with Crippen molar-refractivity contribution >= 4 is 17.6 Å². The van der Waals surface area contributed by atoms with Crippen LogP contribution in [0.1, 0.15) is 18.1 Å². The predicted octanol–water partition coefficient (Wildman–Crippen LogP) is 4.87. The van der Waals surface area contributed by atoms with Crippen LogP contribution < -0.4 is 4.74 Å². The monoisotopic (exact) mass is 358 g/mol. The Labute approximate surface area is 142 Å². The number of ether oxygens (including phenoxy) is 2. The third-order valence-corrected chi connectivity index (χ3v) is 3.37. The lowest BCUT2D eigenvalue weighted by atomic mass is 10.1. The van der Waals surface area contributed by atoms with Gasteiger partial charge in [0.05, 0.1) is 12.2 Å². The molecular formula is C17H14ClF3O3. The molecule has 0 spiro atoms. The van der Waals surface area contributed by atoms with Crippen molar-refractivity contribution in [2.45, 2.75) is 25.8 Å². The van der Waals surface area contributed by atoms with Crippen LogP contribution in [-0.4, -0.2) is 12.1 Å². The summed E-state index contributed by atoms with van der Waals surface area (Å²) in [6, 6.07) is 10.9. The highest BCUT2D eigenvalue weighted by Crippen LogP contribution is 2.29. The molecule has 0 radical (unpaired) electrons. The number of alkyl halides is 3. The molecule has 1 atom stereocenters. The maximum Gasteiger partial charge on any atom is 0.416 e. The Morgan fingerprint density at radius 3 is 2.46 bits per heavy atom. The van der Waals surface area contributed by atoms with Crippen molar-refractivity contribution in [2.75, 3.05) is 0 Å². The zero-order chi connectivity index (χ0) is 17.7. The van der Waals surface area contributed by atoms with Gasteiger partial charge in [-0.15, -0.1) is 0 Å². The maximum atomic E-state index is 12.6. The van der Waals surface area contributed by atoms with Gasteiger partial charge in [0.15, 0.2) is 6.10 Å². The smallest absolute Gasteiger partial charge is 0.416 e. The first-order chi connectivity index (χ1) is 11.3. The topological polar surface area (TPSA) is 35.5 Å². The summed E-state index contributed by atoms with van der Waals surface area (Å²) in [7, 11) is 0. The molecule has 2 rings (SSSR count). The van der Waals surface area contributed by atoms with Crippen LogP contribution in [0.5, 0.6) is 5.75 Å². The number of hydrogen-bond donors (Lipinski definition) is 0. The summed E-state index contributed by atoms with van der Waals surface area (Å²) in [6.45, 7) is 1.33. The van der Waals surface area contributed by atoms with Gasteiger partial charge in [0.1, 0.15) is 5.75 Å². The summed E-state index contributed by atoms with van der Waals surface area (Å²) in [4.78, 5) is 11.9. The van der Waals surface area contributed by atoms with Crippen LogP contribution in [0.25, 0.3) is 0 Å². The molecule has 0 aromatic heterocycles. The average Bonchev–Trinajstić information content (AvgIpc) is 2.54. The second-order valence-electron chi connectivity index (χ2n) is 5.03. The molecule has 0 N–H and O–H groups in total. The van der Waals surface area contributed by atoms with Gasteiger partial charge in [-0.1, -0.05) is 23.7 Å². The van der Waals surface area contributed by atoms with Crippen molar-refractivity contribution in [2.24, 2.45) is 0 Å². The Morgan fingerprint density at radius 1 is 1.17 bits per heavy atom. The van der Waals surface area contributed by atoms with Gasteiger partial charge in [0.25, 0.3) is 0 Å². The third kappa shape index (κ3) is 5.25. The van der Waals surface area contributed by atoms with Crippen LogP contribution in [0, 0.1) is 0 Å². The van der Waals surface area contributed by atoms with Crippen LogP contribution in [0.4, 0.5) is 13.2 Å². The van der Waals surface area contributed by atoms with Crippen LogP contribution in [-0.2, 0) is 22.3 Å². The molecule has 0 bridgehead atoms. The van der Waals surface area contributed by atoms with Crippen LogP contribution in [0.3, 0.4) is 0 Å². The summed E-state index contributed by atoms with van der Waals surface area (Å²) in [6.07, 6.45) is -5.36. The molecule has 24 heavy (non-hydrogen) atoms. The quantitative estimate of drug-likeness (QED) is 0.565. The van der Waals surface area contributed by atoms with Crippen molar-refractivity contribution in [1.29, 1.82) is 0 Å². The Balaban J connectivity index is 1.91. The lowest BCUT2D eigenvalue weighted by Crippen LogP contribution is -2.25. The average molecular weight is 359 g/mol. The second kappa shape index (κ2) is 7.68. The summed E-state index contributed by atoms with van der Waals surface area (Å²) >= 11 is 5.73. The third-order valence-electron chi connectivity index (χ3n) is 3.12. The Morgan fingerprint density at radius 2 is 1.83 bits per heavy atom. The fraction of sp³-hybridized carbons (Fsp3) is 0.235. The lowest BCUT2D eigenvalue weighted by molar-refractivity contribution is -0.147. The maximum absolute atomic E-state index is 12.6. The fourth-order valence-electron chi connectivity index (χ4n) is 1.83. The van der Waals surface area contributed by atoms with Gasteiger partial charge in [-0.2, -0.15) is 13.2 Å². The summed E-state index contributed by atoms with van der Waals surface area (Å²) in [5.74, 6) is -0.344. The first kappa shape index (κ1) is 18.3. The molecule has 0 heterocycles. The Kier molecular flexibility index (Phi) is 5.85. The minimum absolute atomic E-state index is 0.138. The molecule has 2 aromatic rings. The lowest BCUT2D eigenvalue weighted by Gasteiger charge is -2.13. The van der Waals surface area contributed by atoms with Gasteiger partial charge < -0.3 is 9.47 Å². The normalized spacial score (nSPS) is 12.7. The second-order valence-corrected chi connectivity index (χ2v) is 5.46. The number of carbonyl (C=O) groups is 1. The van der Waals surface area contributed by atoms with E-state index in [0.29, 0.717) is 16.3 Å². The van der Waals surface area contributed by atoms with Gasteiger partial charge in [0, 0.05) is 5.02 Å². The van der Waals surface area contributed by atoms with Gasteiger partial charge in [-0.3, -0.25) is 0 Å². The zero-order valence-corrected chi connectivity index (χ0v) is 13.4. The molecule has 3 nitrogen and oxygen atoms in total. The fourth-order valence-corrected chi connectivity index (χ4v) is 1.95. The van der Waals surface area contributed by atoms with E-state index in [2.05, 4.69) is 0 Å². The van der Waals surface area contributed by atoms with Crippen molar-refractivity contribution in [1.82, 2.24) is 0 Å². The van der Waals surface area contributed by atoms with E-state index in [0.717, 1.165) is 12.1 Å². The molecule has 128 valence electrons. The van der Waals surface area contributed by atoms with E-state index in [9.17, 15) is 18.0 Å². The van der Waals surface area contributed by atoms with Crippen molar-refractivity contribution < 1.29 is 27.4 Å². The van der Waals surface area contributed by atoms with Crippen LogP contribution >= 0.6 is 11.6 Å². The first-order valence-corrected chi connectivity index (χ1v) is 7.38. The van der Waals surface area contributed by atoms with Crippen molar-refractivity contribution in [3.8, 4) is 5.75 Å². The van der Waals surface area contributed by atoms with E-state index in [1.54, 1.807) is 12.1 Å². The number of rotatable bonds is 5. The molecule has 0 aliphatic heterocycles. The Bertz CT molecular complexity index is 699. The van der Waals surface area contributed by atoms with E-state index in [-0.39, 0.29) is 6.61 Å². The molecule has 7 heteroatoms. The van der Waals surface area contributed by atoms with Gasteiger partial charge in [0.2, 0.25) is 0 Å².